The number of methoxy groups -OCH3 is 1. The van der Waals surface area contributed by atoms with Gasteiger partial charge in [-0.25, -0.2) is 0 Å². The molecule has 1 amide bonds. The molecule has 1 atom stereocenters. The molecular weight excluding hydrogens is 376 g/mol. The van der Waals surface area contributed by atoms with Crippen molar-refractivity contribution in [2.24, 2.45) is 0 Å². The molecule has 0 heterocycles. The number of likely N-dealkylation sites (N-methyl/N-ethyl adjacent to an activating group) is 1. The molecule has 0 saturated heterocycles. The summed E-state index contributed by atoms with van der Waals surface area (Å²) in [6.45, 7) is 3.05. The van der Waals surface area contributed by atoms with E-state index in [1.807, 2.05) is 97.7 Å². The van der Waals surface area contributed by atoms with E-state index in [1.165, 1.54) is 0 Å². The van der Waals surface area contributed by atoms with Gasteiger partial charge in [0.25, 0.3) is 0 Å². The summed E-state index contributed by atoms with van der Waals surface area (Å²) in [5.74, 6) is 1.35. The molecule has 5 heteroatoms. The van der Waals surface area contributed by atoms with Crippen molar-refractivity contribution in [2.45, 2.75) is 19.5 Å². The second-order valence-electron chi connectivity index (χ2n) is 7.00. The lowest BCUT2D eigenvalue weighted by molar-refractivity contribution is -0.121. The quantitative estimate of drug-likeness (QED) is 0.551. The lowest BCUT2D eigenvalue weighted by atomic mass is 10.0. The van der Waals surface area contributed by atoms with Crippen LogP contribution in [-0.4, -0.2) is 31.6 Å². The molecule has 0 aliphatic heterocycles. The van der Waals surface area contributed by atoms with E-state index < -0.39 is 6.04 Å². The smallest absolute Gasteiger partial charge is 0.246 e. The van der Waals surface area contributed by atoms with Crippen LogP contribution in [-0.2, 0) is 11.3 Å². The van der Waals surface area contributed by atoms with E-state index >= 15 is 0 Å². The summed E-state index contributed by atoms with van der Waals surface area (Å²) in [5.41, 5.74) is 2.66. The van der Waals surface area contributed by atoms with Gasteiger partial charge in [0, 0.05) is 6.54 Å². The number of ether oxygens (including phenoxy) is 2. The highest BCUT2D eigenvalue weighted by Gasteiger charge is 2.26. The summed E-state index contributed by atoms with van der Waals surface area (Å²) in [6, 6.07) is 24.7. The highest BCUT2D eigenvalue weighted by molar-refractivity contribution is 5.96. The monoisotopic (exact) mass is 404 g/mol. The maximum absolute atomic E-state index is 13.4. The number of hydrogen-bond acceptors (Lipinski definition) is 4. The molecular formula is C25H28N2O3. The summed E-state index contributed by atoms with van der Waals surface area (Å²) in [4.78, 5) is 15.4. The fourth-order valence-corrected chi connectivity index (χ4v) is 3.44. The van der Waals surface area contributed by atoms with Crippen molar-refractivity contribution < 1.29 is 14.3 Å². The molecule has 0 aromatic heterocycles. The minimum absolute atomic E-state index is 0.112. The molecule has 5 nitrogen and oxygen atoms in total. The lowest BCUT2D eigenvalue weighted by Crippen LogP contribution is -2.34. The van der Waals surface area contributed by atoms with Crippen LogP contribution in [0, 0.1) is 0 Å². The normalized spacial score (nSPS) is 11.7. The van der Waals surface area contributed by atoms with Crippen LogP contribution in [0.3, 0.4) is 0 Å². The van der Waals surface area contributed by atoms with Gasteiger partial charge in [-0.05, 0) is 49.4 Å². The van der Waals surface area contributed by atoms with Crippen LogP contribution >= 0.6 is 0 Å². The molecule has 0 bridgehead atoms. The highest BCUT2D eigenvalue weighted by Crippen LogP contribution is 2.28. The van der Waals surface area contributed by atoms with E-state index in [9.17, 15) is 4.79 Å². The number of para-hydroxylation sites is 2. The Balaban J connectivity index is 1.86. The van der Waals surface area contributed by atoms with Crippen molar-refractivity contribution >= 4 is 11.6 Å². The Morgan fingerprint density at radius 2 is 1.73 bits per heavy atom. The molecule has 0 radical (unpaired) electrons. The van der Waals surface area contributed by atoms with E-state index in [-0.39, 0.29) is 5.91 Å². The zero-order chi connectivity index (χ0) is 21.3. The Labute approximate surface area is 178 Å². The van der Waals surface area contributed by atoms with E-state index in [2.05, 4.69) is 5.32 Å². The average Bonchev–Trinajstić information content (AvgIpc) is 2.76. The van der Waals surface area contributed by atoms with Gasteiger partial charge in [-0.1, -0.05) is 54.6 Å². The number of carbonyl (C=O) groups excluding carboxylic acids is 1. The number of amides is 1. The van der Waals surface area contributed by atoms with Gasteiger partial charge in [0.05, 0.1) is 19.4 Å². The van der Waals surface area contributed by atoms with E-state index in [1.54, 1.807) is 7.11 Å². The van der Waals surface area contributed by atoms with Crippen LogP contribution in [0.5, 0.6) is 11.5 Å². The van der Waals surface area contributed by atoms with Crippen molar-refractivity contribution in [2.75, 3.05) is 26.1 Å². The predicted octanol–water partition coefficient (Wildman–Crippen LogP) is 4.91. The van der Waals surface area contributed by atoms with E-state index in [0.29, 0.717) is 24.6 Å². The Hall–Kier alpha value is -3.31. The van der Waals surface area contributed by atoms with Gasteiger partial charge in [0.2, 0.25) is 5.91 Å². The number of nitrogens with one attached hydrogen (secondary N) is 1. The standard InChI is InChI=1S/C25H28N2O3/c1-4-30-23-16-9-8-15-22(23)26-25(28)24(20-12-6-5-7-13-20)27(2)18-19-11-10-14-21(17-19)29-3/h5-17,24H,4,18H2,1-3H3,(H,26,28)/t24-/m0/s1. The molecule has 3 aromatic carbocycles. The number of benzene rings is 3. The first kappa shape index (κ1) is 21.4. The van der Waals surface area contributed by atoms with Crippen LogP contribution in [0.1, 0.15) is 24.1 Å². The molecule has 0 aliphatic carbocycles. The number of carbonyl (C=O) groups is 1. The number of nitrogens with zero attached hydrogens (tertiary/aromatic N) is 1. The molecule has 30 heavy (non-hydrogen) atoms. The van der Waals surface area contributed by atoms with Gasteiger partial charge in [-0.2, -0.15) is 0 Å². The zero-order valence-corrected chi connectivity index (χ0v) is 17.7. The second kappa shape index (κ2) is 10.5. The largest absolute Gasteiger partial charge is 0.497 e. The van der Waals surface area contributed by atoms with Crippen molar-refractivity contribution in [1.82, 2.24) is 4.90 Å². The van der Waals surface area contributed by atoms with Gasteiger partial charge in [-0.3, -0.25) is 9.69 Å². The van der Waals surface area contributed by atoms with Crippen molar-refractivity contribution in [3.63, 3.8) is 0 Å². The fraction of sp³-hybridized carbons (Fsp3) is 0.240. The van der Waals surface area contributed by atoms with Crippen molar-refractivity contribution in [3.8, 4) is 11.5 Å². The summed E-state index contributed by atoms with van der Waals surface area (Å²) >= 11 is 0. The van der Waals surface area contributed by atoms with E-state index in [4.69, 9.17) is 9.47 Å². The first-order valence-corrected chi connectivity index (χ1v) is 10.0. The van der Waals surface area contributed by atoms with Gasteiger partial charge < -0.3 is 14.8 Å². The van der Waals surface area contributed by atoms with Gasteiger partial charge in [0.1, 0.15) is 17.5 Å². The third-order valence-corrected chi connectivity index (χ3v) is 4.82. The van der Waals surface area contributed by atoms with Crippen LogP contribution < -0.4 is 14.8 Å². The molecule has 0 unspecified atom stereocenters. The first-order valence-electron chi connectivity index (χ1n) is 10.0. The summed E-state index contributed by atoms with van der Waals surface area (Å²) in [7, 11) is 3.60. The number of rotatable bonds is 9. The third kappa shape index (κ3) is 5.39. The Morgan fingerprint density at radius 3 is 2.47 bits per heavy atom. The molecule has 3 aromatic rings. The summed E-state index contributed by atoms with van der Waals surface area (Å²) < 4.78 is 11.0. The van der Waals surface area contributed by atoms with E-state index in [0.717, 1.165) is 16.9 Å². The Kier molecular flexibility index (Phi) is 7.46. The average molecular weight is 405 g/mol. The van der Waals surface area contributed by atoms with Gasteiger partial charge >= 0.3 is 0 Å². The molecule has 1 N–H and O–H groups in total. The summed E-state index contributed by atoms with van der Waals surface area (Å²) in [5, 5.41) is 3.05. The first-order chi connectivity index (χ1) is 14.6. The molecule has 0 saturated carbocycles. The fourth-order valence-electron chi connectivity index (χ4n) is 3.44. The molecule has 3 rings (SSSR count). The Bertz CT molecular complexity index is 959. The van der Waals surface area contributed by atoms with Gasteiger partial charge in [0.15, 0.2) is 0 Å². The van der Waals surface area contributed by atoms with Crippen LogP contribution in [0.25, 0.3) is 0 Å². The number of hydrogen-bond donors (Lipinski definition) is 1. The minimum atomic E-state index is -0.466. The summed E-state index contributed by atoms with van der Waals surface area (Å²) in [6.07, 6.45) is 0. The van der Waals surface area contributed by atoms with Gasteiger partial charge in [-0.15, -0.1) is 0 Å². The maximum Gasteiger partial charge on any atom is 0.246 e. The molecule has 0 spiro atoms. The Morgan fingerprint density at radius 1 is 1.00 bits per heavy atom. The predicted molar refractivity (Wildman–Crippen MR) is 120 cm³/mol. The molecule has 0 aliphatic rings. The molecule has 0 fully saturated rings. The second-order valence-corrected chi connectivity index (χ2v) is 7.00. The molecule has 156 valence electrons. The lowest BCUT2D eigenvalue weighted by Gasteiger charge is -2.28. The minimum Gasteiger partial charge on any atom is -0.497 e. The topological polar surface area (TPSA) is 50.8 Å². The SMILES string of the molecule is CCOc1ccccc1NC(=O)[C@H](c1ccccc1)N(C)Cc1cccc(OC)c1. The van der Waals surface area contributed by atoms with Crippen LogP contribution in [0.4, 0.5) is 5.69 Å². The maximum atomic E-state index is 13.4. The van der Waals surface area contributed by atoms with Crippen LogP contribution in [0.15, 0.2) is 78.9 Å². The zero-order valence-electron chi connectivity index (χ0n) is 17.7. The van der Waals surface area contributed by atoms with Crippen LogP contribution in [0.2, 0.25) is 0 Å². The third-order valence-electron chi connectivity index (χ3n) is 4.82. The van der Waals surface area contributed by atoms with Crippen molar-refractivity contribution in [1.29, 1.82) is 0 Å². The number of anilines is 1. The van der Waals surface area contributed by atoms with Crippen molar-refractivity contribution in [3.05, 3.63) is 90.0 Å². The highest BCUT2D eigenvalue weighted by atomic mass is 16.5.